The van der Waals surface area contributed by atoms with E-state index in [2.05, 4.69) is 22.2 Å². The van der Waals surface area contributed by atoms with Gasteiger partial charge >= 0.3 is 0 Å². The summed E-state index contributed by atoms with van der Waals surface area (Å²) in [6.07, 6.45) is 4.11. The monoisotopic (exact) mass is 362 g/mol. The number of nitrogens with one attached hydrogen (secondary N) is 2. The first kappa shape index (κ1) is 18.4. The van der Waals surface area contributed by atoms with Crippen LogP contribution in [0.2, 0.25) is 0 Å². The Kier molecular flexibility index (Phi) is 5.35. The number of aryl methyl sites for hydroxylation is 2. The van der Waals surface area contributed by atoms with Gasteiger partial charge in [0, 0.05) is 18.4 Å². The van der Waals surface area contributed by atoms with Crippen molar-refractivity contribution in [3.05, 3.63) is 77.9 Å². The van der Waals surface area contributed by atoms with Crippen molar-refractivity contribution in [2.45, 2.75) is 20.3 Å². The third kappa shape index (κ3) is 3.60. The summed E-state index contributed by atoms with van der Waals surface area (Å²) < 4.78 is 1.63. The summed E-state index contributed by atoms with van der Waals surface area (Å²) in [6.45, 7) is 7.91. The molecule has 1 aromatic carbocycles. The van der Waals surface area contributed by atoms with E-state index in [0.29, 0.717) is 12.1 Å². The fourth-order valence-electron chi connectivity index (χ4n) is 2.99. The number of pyridine rings is 1. The molecular formula is C21H22N4O2. The van der Waals surface area contributed by atoms with Crippen molar-refractivity contribution in [2.75, 3.05) is 11.9 Å². The molecule has 138 valence electrons. The van der Waals surface area contributed by atoms with E-state index in [9.17, 15) is 9.59 Å². The van der Waals surface area contributed by atoms with Crippen molar-refractivity contribution in [3.63, 3.8) is 0 Å². The Labute approximate surface area is 157 Å². The van der Waals surface area contributed by atoms with Crippen LogP contribution in [0.4, 0.5) is 5.69 Å². The van der Waals surface area contributed by atoms with Crippen LogP contribution < -0.4 is 10.6 Å². The number of nitrogens with zero attached hydrogens (tertiary/aromatic N) is 2. The van der Waals surface area contributed by atoms with Gasteiger partial charge in [-0.2, -0.15) is 0 Å². The van der Waals surface area contributed by atoms with E-state index in [0.717, 1.165) is 23.2 Å². The van der Waals surface area contributed by atoms with Crippen LogP contribution in [0.3, 0.4) is 0 Å². The van der Waals surface area contributed by atoms with Gasteiger partial charge in [-0.15, -0.1) is 6.58 Å². The molecule has 2 N–H and O–H groups in total. The van der Waals surface area contributed by atoms with Crippen LogP contribution in [0.15, 0.2) is 55.3 Å². The van der Waals surface area contributed by atoms with Gasteiger partial charge in [0.25, 0.3) is 11.8 Å². The maximum Gasteiger partial charge on any atom is 0.292 e. The number of fused-ring (bicyclic) bond motifs is 1. The molecule has 0 unspecified atom stereocenters. The molecule has 0 saturated heterocycles. The smallest absolute Gasteiger partial charge is 0.292 e. The van der Waals surface area contributed by atoms with Crippen LogP contribution in [0.1, 0.15) is 39.2 Å². The van der Waals surface area contributed by atoms with Gasteiger partial charge in [0.2, 0.25) is 5.82 Å². The minimum atomic E-state index is -0.358. The SMILES string of the molecule is C=CCNC(=O)c1nc(C(=O)Nc2c(C)cccc2CC)n2ccccc12. The van der Waals surface area contributed by atoms with Crippen LogP contribution in [0, 0.1) is 6.92 Å². The summed E-state index contributed by atoms with van der Waals surface area (Å²) in [7, 11) is 0. The molecule has 0 aliphatic rings. The van der Waals surface area contributed by atoms with Crippen LogP contribution in [0.5, 0.6) is 0 Å². The molecule has 6 heteroatoms. The van der Waals surface area contributed by atoms with Crippen molar-refractivity contribution in [1.29, 1.82) is 0 Å². The summed E-state index contributed by atoms with van der Waals surface area (Å²) in [6, 6.07) is 11.3. The van der Waals surface area contributed by atoms with Gasteiger partial charge in [-0.1, -0.05) is 37.3 Å². The van der Waals surface area contributed by atoms with Crippen molar-refractivity contribution < 1.29 is 9.59 Å². The highest BCUT2D eigenvalue weighted by atomic mass is 16.2. The molecule has 0 saturated carbocycles. The van der Waals surface area contributed by atoms with Crippen LogP contribution in [0.25, 0.3) is 5.52 Å². The Hall–Kier alpha value is -3.41. The minimum absolute atomic E-state index is 0.166. The number of anilines is 1. The van der Waals surface area contributed by atoms with Crippen molar-refractivity contribution in [2.24, 2.45) is 0 Å². The number of imidazole rings is 1. The lowest BCUT2D eigenvalue weighted by Gasteiger charge is -2.12. The first-order valence-corrected chi connectivity index (χ1v) is 8.82. The highest BCUT2D eigenvalue weighted by Gasteiger charge is 2.22. The third-order valence-electron chi connectivity index (χ3n) is 4.35. The highest BCUT2D eigenvalue weighted by molar-refractivity contribution is 6.06. The number of rotatable bonds is 6. The van der Waals surface area contributed by atoms with E-state index in [1.807, 2.05) is 32.0 Å². The molecule has 0 atom stereocenters. The molecule has 0 bridgehead atoms. The number of para-hydroxylation sites is 1. The van der Waals surface area contributed by atoms with Crippen molar-refractivity contribution in [3.8, 4) is 0 Å². The van der Waals surface area contributed by atoms with Gasteiger partial charge in [-0.05, 0) is 36.6 Å². The predicted molar refractivity (Wildman–Crippen MR) is 106 cm³/mol. The van der Waals surface area contributed by atoms with Crippen LogP contribution in [-0.2, 0) is 6.42 Å². The average Bonchev–Trinajstić information content (AvgIpc) is 3.07. The molecule has 2 heterocycles. The standard InChI is InChI=1S/C21H22N4O2/c1-4-12-22-20(26)18-16-11-6-7-13-25(16)19(23-18)21(27)24-17-14(3)9-8-10-15(17)5-2/h4,6-11,13H,1,5,12H2,2-3H3,(H,22,26)(H,24,27). The largest absolute Gasteiger partial charge is 0.347 e. The molecule has 0 aliphatic carbocycles. The molecule has 2 aromatic heterocycles. The summed E-state index contributed by atoms with van der Waals surface area (Å²) in [5, 5.41) is 5.67. The molecule has 0 aliphatic heterocycles. The predicted octanol–water partition coefficient (Wildman–Crippen LogP) is 3.37. The molecule has 0 spiro atoms. The summed E-state index contributed by atoms with van der Waals surface area (Å²) in [5.41, 5.74) is 3.60. The normalized spacial score (nSPS) is 10.6. The number of hydrogen-bond acceptors (Lipinski definition) is 3. The number of hydrogen-bond donors (Lipinski definition) is 2. The van der Waals surface area contributed by atoms with E-state index >= 15 is 0 Å². The summed E-state index contributed by atoms with van der Waals surface area (Å²) in [4.78, 5) is 29.7. The summed E-state index contributed by atoms with van der Waals surface area (Å²) >= 11 is 0. The Balaban J connectivity index is 2.01. The zero-order chi connectivity index (χ0) is 19.4. The number of amides is 2. The highest BCUT2D eigenvalue weighted by Crippen LogP contribution is 2.22. The second kappa shape index (κ2) is 7.86. The van der Waals surface area contributed by atoms with Gasteiger partial charge in [0.05, 0.1) is 5.52 Å². The molecule has 6 nitrogen and oxygen atoms in total. The molecule has 0 radical (unpaired) electrons. The second-order valence-corrected chi connectivity index (χ2v) is 6.16. The van der Waals surface area contributed by atoms with Gasteiger partial charge in [0.1, 0.15) is 0 Å². The Bertz CT molecular complexity index is 1020. The summed E-state index contributed by atoms with van der Waals surface area (Å²) in [5.74, 6) is -0.537. The molecule has 3 rings (SSSR count). The van der Waals surface area contributed by atoms with E-state index in [1.54, 1.807) is 34.9 Å². The first-order valence-electron chi connectivity index (χ1n) is 8.82. The maximum atomic E-state index is 13.0. The number of carbonyl (C=O) groups excluding carboxylic acids is 2. The Morgan fingerprint density at radius 1 is 1.19 bits per heavy atom. The number of benzene rings is 1. The molecule has 3 aromatic rings. The number of aromatic nitrogens is 2. The van der Waals surface area contributed by atoms with E-state index < -0.39 is 0 Å². The fourth-order valence-corrected chi connectivity index (χ4v) is 2.99. The van der Waals surface area contributed by atoms with E-state index in [-0.39, 0.29) is 23.3 Å². The minimum Gasteiger partial charge on any atom is -0.347 e. The lowest BCUT2D eigenvalue weighted by molar-refractivity contribution is 0.0955. The molecule has 27 heavy (non-hydrogen) atoms. The van der Waals surface area contributed by atoms with Crippen LogP contribution in [-0.4, -0.2) is 27.7 Å². The average molecular weight is 362 g/mol. The van der Waals surface area contributed by atoms with E-state index in [1.165, 1.54) is 0 Å². The Morgan fingerprint density at radius 3 is 2.74 bits per heavy atom. The lowest BCUT2D eigenvalue weighted by Crippen LogP contribution is -2.24. The second-order valence-electron chi connectivity index (χ2n) is 6.16. The van der Waals surface area contributed by atoms with Gasteiger partial charge < -0.3 is 10.6 Å². The number of carbonyl (C=O) groups is 2. The molecule has 2 amide bonds. The topological polar surface area (TPSA) is 75.5 Å². The van der Waals surface area contributed by atoms with Gasteiger partial charge in [-0.25, -0.2) is 4.98 Å². The van der Waals surface area contributed by atoms with Crippen molar-refractivity contribution in [1.82, 2.24) is 14.7 Å². The van der Waals surface area contributed by atoms with Gasteiger partial charge in [0.15, 0.2) is 5.69 Å². The quantitative estimate of drug-likeness (QED) is 0.660. The van der Waals surface area contributed by atoms with Gasteiger partial charge in [-0.3, -0.25) is 14.0 Å². The first-order chi connectivity index (χ1) is 13.1. The fraction of sp³-hybridized carbons (Fsp3) is 0.190. The van der Waals surface area contributed by atoms with E-state index in [4.69, 9.17) is 0 Å². The zero-order valence-electron chi connectivity index (χ0n) is 15.5. The molecular weight excluding hydrogens is 340 g/mol. The molecule has 0 fully saturated rings. The van der Waals surface area contributed by atoms with Crippen molar-refractivity contribution >= 4 is 23.0 Å². The maximum absolute atomic E-state index is 13.0. The Morgan fingerprint density at radius 2 is 2.00 bits per heavy atom. The zero-order valence-corrected chi connectivity index (χ0v) is 15.5. The van der Waals surface area contributed by atoms with Crippen LogP contribution >= 0.6 is 0 Å². The lowest BCUT2D eigenvalue weighted by atomic mass is 10.1. The third-order valence-corrected chi connectivity index (χ3v) is 4.35.